The topological polar surface area (TPSA) is 40.1 Å². The molecule has 1 heterocycles. The summed E-state index contributed by atoms with van der Waals surface area (Å²) in [5, 5.41) is 3.31. The Hall–Kier alpha value is -1.96. The molecule has 0 saturated carbocycles. The largest absolute Gasteiger partial charge is 0.496 e. The van der Waals surface area contributed by atoms with Crippen LogP contribution in [0, 0.1) is 6.92 Å². The van der Waals surface area contributed by atoms with Crippen molar-refractivity contribution in [1.82, 2.24) is 15.1 Å². The first-order chi connectivity index (χ1) is 12.8. The van der Waals surface area contributed by atoms with E-state index in [1.807, 2.05) is 24.0 Å². The van der Waals surface area contributed by atoms with Crippen LogP contribution in [0.5, 0.6) is 5.75 Å². The molecule has 152 valence electrons. The van der Waals surface area contributed by atoms with Crippen LogP contribution in [0.1, 0.15) is 18.1 Å². The van der Waals surface area contributed by atoms with Gasteiger partial charge < -0.3 is 15.0 Å². The average Bonchev–Trinajstić information content (AvgIpc) is 2.65. The fourth-order valence-corrected chi connectivity index (χ4v) is 3.20. The molecule has 0 bridgehead atoms. The molecule has 27 heavy (non-hydrogen) atoms. The fourth-order valence-electron chi connectivity index (χ4n) is 3.20. The molecule has 0 aromatic heterocycles. The number of nitrogens with one attached hydrogen (secondary N) is 1. The van der Waals surface area contributed by atoms with Crippen molar-refractivity contribution in [3.8, 4) is 5.75 Å². The molecule has 1 aliphatic heterocycles. The summed E-state index contributed by atoms with van der Waals surface area (Å²) in [5.41, 5.74) is 2.25. The first-order valence-corrected chi connectivity index (χ1v) is 9.16. The second-order valence-electron chi connectivity index (χ2n) is 6.77. The number of alkyl halides is 3. The maximum atomic E-state index is 12.9. The number of rotatable bonds is 5. The minimum atomic E-state index is -4.18. The van der Waals surface area contributed by atoms with Crippen molar-refractivity contribution in [3.63, 3.8) is 0 Å². The van der Waals surface area contributed by atoms with E-state index in [4.69, 9.17) is 4.74 Å². The highest BCUT2D eigenvalue weighted by molar-refractivity contribution is 5.80. The summed E-state index contributed by atoms with van der Waals surface area (Å²) >= 11 is 0. The Morgan fingerprint density at radius 1 is 1.26 bits per heavy atom. The van der Waals surface area contributed by atoms with Gasteiger partial charge in [-0.15, -0.1) is 0 Å². The number of ether oxygens (including phenoxy) is 1. The number of methoxy groups -OCH3 is 1. The molecule has 8 heteroatoms. The van der Waals surface area contributed by atoms with E-state index in [2.05, 4.69) is 16.4 Å². The number of aryl methyl sites for hydroxylation is 1. The number of piperazine rings is 1. The molecular weight excluding hydrogens is 357 g/mol. The molecule has 0 aliphatic carbocycles. The van der Waals surface area contributed by atoms with Gasteiger partial charge >= 0.3 is 6.18 Å². The summed E-state index contributed by atoms with van der Waals surface area (Å²) in [4.78, 5) is 7.76. The van der Waals surface area contributed by atoms with E-state index in [1.54, 1.807) is 14.2 Å². The predicted octanol–water partition coefficient (Wildman–Crippen LogP) is 2.69. The van der Waals surface area contributed by atoms with Crippen LogP contribution in [-0.4, -0.2) is 74.9 Å². The van der Waals surface area contributed by atoms with Gasteiger partial charge in [0.2, 0.25) is 0 Å². The molecule has 0 radical (unpaired) electrons. The molecule has 1 N–H and O–H groups in total. The first kappa shape index (κ1) is 21.3. The summed E-state index contributed by atoms with van der Waals surface area (Å²) in [7, 11) is 3.35. The Balaban J connectivity index is 1.83. The summed E-state index contributed by atoms with van der Waals surface area (Å²) in [6, 6.07) is 4.71. The number of guanidine groups is 1. The van der Waals surface area contributed by atoms with E-state index in [1.165, 1.54) is 11.8 Å². The number of benzene rings is 1. The zero-order valence-corrected chi connectivity index (χ0v) is 16.4. The van der Waals surface area contributed by atoms with Crippen LogP contribution in [0.3, 0.4) is 0 Å². The lowest BCUT2D eigenvalue weighted by atomic mass is 10.1. The van der Waals surface area contributed by atoms with Gasteiger partial charge in [-0.3, -0.25) is 9.89 Å². The number of halogens is 3. The van der Waals surface area contributed by atoms with Crippen molar-refractivity contribution < 1.29 is 17.9 Å². The van der Waals surface area contributed by atoms with Crippen molar-refractivity contribution in [1.29, 1.82) is 0 Å². The normalized spacial score (nSPS) is 17.7. The van der Waals surface area contributed by atoms with Gasteiger partial charge in [-0.2, -0.15) is 13.2 Å². The van der Waals surface area contributed by atoms with E-state index in [9.17, 15) is 13.2 Å². The molecule has 1 aliphatic rings. The molecule has 1 aromatic carbocycles. The maximum Gasteiger partial charge on any atom is 0.403 e. The molecule has 1 atom stereocenters. The fraction of sp³-hybridized carbons (Fsp3) is 0.632. The van der Waals surface area contributed by atoms with Gasteiger partial charge in [0.05, 0.1) is 7.11 Å². The van der Waals surface area contributed by atoms with Gasteiger partial charge in [0.15, 0.2) is 5.96 Å². The van der Waals surface area contributed by atoms with E-state index in [0.29, 0.717) is 32.7 Å². The highest BCUT2D eigenvalue weighted by Gasteiger charge is 2.41. The highest BCUT2D eigenvalue weighted by atomic mass is 19.4. The van der Waals surface area contributed by atoms with Crippen LogP contribution >= 0.6 is 0 Å². The van der Waals surface area contributed by atoms with Crippen LogP contribution in [-0.2, 0) is 6.42 Å². The van der Waals surface area contributed by atoms with Crippen LogP contribution in [0.15, 0.2) is 23.2 Å². The van der Waals surface area contributed by atoms with E-state index in [0.717, 1.165) is 29.3 Å². The molecule has 1 fully saturated rings. The lowest BCUT2D eigenvalue weighted by molar-refractivity contribution is -0.181. The summed E-state index contributed by atoms with van der Waals surface area (Å²) < 4.78 is 43.9. The quantitative estimate of drug-likeness (QED) is 0.624. The Bertz CT molecular complexity index is 640. The number of aliphatic imine (C=N–C) groups is 1. The first-order valence-electron chi connectivity index (χ1n) is 9.16. The summed E-state index contributed by atoms with van der Waals surface area (Å²) in [6.07, 6.45) is -3.38. The summed E-state index contributed by atoms with van der Waals surface area (Å²) in [5.74, 6) is 1.60. The molecule has 0 spiro atoms. The van der Waals surface area contributed by atoms with E-state index >= 15 is 0 Å². The third-order valence-electron chi connectivity index (χ3n) is 5.02. The highest BCUT2D eigenvalue weighted by Crippen LogP contribution is 2.25. The Labute approximate surface area is 159 Å². The SMILES string of the molecule is CN=C(NCCc1ccc(C)c(OC)c1)N1CCN(C(C)C(F)(F)F)CC1. The number of hydrogen-bond acceptors (Lipinski definition) is 3. The Morgan fingerprint density at radius 2 is 1.93 bits per heavy atom. The minimum Gasteiger partial charge on any atom is -0.496 e. The molecule has 1 unspecified atom stereocenters. The van der Waals surface area contributed by atoms with Gasteiger partial charge in [-0.05, 0) is 37.5 Å². The molecule has 0 amide bonds. The second-order valence-corrected chi connectivity index (χ2v) is 6.77. The van der Waals surface area contributed by atoms with Crippen molar-refractivity contribution in [2.45, 2.75) is 32.5 Å². The standard InChI is InChI=1S/C19H29F3N4O/c1-14-5-6-16(13-17(14)27-4)7-8-24-18(23-3)26-11-9-25(10-12-26)15(2)19(20,21)22/h5-6,13,15H,7-12H2,1-4H3,(H,23,24). The third kappa shape index (κ3) is 5.76. The summed E-state index contributed by atoms with van der Waals surface area (Å²) in [6.45, 7) is 5.71. The molecule has 1 saturated heterocycles. The van der Waals surface area contributed by atoms with Crippen molar-refractivity contribution in [2.24, 2.45) is 4.99 Å². The molecule has 2 rings (SSSR count). The van der Waals surface area contributed by atoms with Crippen LogP contribution in [0.2, 0.25) is 0 Å². The predicted molar refractivity (Wildman–Crippen MR) is 101 cm³/mol. The molecular formula is C19H29F3N4O. The van der Waals surface area contributed by atoms with E-state index < -0.39 is 12.2 Å². The lowest BCUT2D eigenvalue weighted by Crippen LogP contribution is -2.56. The van der Waals surface area contributed by atoms with Gasteiger partial charge in [0.1, 0.15) is 11.8 Å². The van der Waals surface area contributed by atoms with Crippen molar-refractivity contribution >= 4 is 5.96 Å². The van der Waals surface area contributed by atoms with Crippen molar-refractivity contribution in [3.05, 3.63) is 29.3 Å². The van der Waals surface area contributed by atoms with E-state index in [-0.39, 0.29) is 0 Å². The Kier molecular flexibility index (Phi) is 7.35. The maximum absolute atomic E-state index is 12.9. The second kappa shape index (κ2) is 9.30. The number of nitrogens with zero attached hydrogens (tertiary/aromatic N) is 3. The number of hydrogen-bond donors (Lipinski definition) is 1. The van der Waals surface area contributed by atoms with Crippen LogP contribution < -0.4 is 10.1 Å². The smallest absolute Gasteiger partial charge is 0.403 e. The van der Waals surface area contributed by atoms with Gasteiger partial charge in [0, 0.05) is 39.8 Å². The van der Waals surface area contributed by atoms with Crippen LogP contribution in [0.4, 0.5) is 13.2 Å². The van der Waals surface area contributed by atoms with Gasteiger partial charge in [-0.1, -0.05) is 12.1 Å². The van der Waals surface area contributed by atoms with Gasteiger partial charge in [0.25, 0.3) is 0 Å². The minimum absolute atomic E-state index is 0.372. The van der Waals surface area contributed by atoms with Crippen LogP contribution in [0.25, 0.3) is 0 Å². The lowest BCUT2D eigenvalue weighted by Gasteiger charge is -2.39. The molecule has 5 nitrogen and oxygen atoms in total. The average molecular weight is 386 g/mol. The monoisotopic (exact) mass is 386 g/mol. The Morgan fingerprint density at radius 3 is 2.48 bits per heavy atom. The zero-order valence-electron chi connectivity index (χ0n) is 16.4. The molecule has 1 aromatic rings. The third-order valence-corrected chi connectivity index (χ3v) is 5.02. The van der Waals surface area contributed by atoms with Crippen molar-refractivity contribution in [2.75, 3.05) is 46.9 Å². The van der Waals surface area contributed by atoms with Gasteiger partial charge in [-0.25, -0.2) is 0 Å². The zero-order chi connectivity index (χ0) is 20.0.